The molecular formula is C21H24N6O2S2. The zero-order valence-electron chi connectivity index (χ0n) is 17.3. The van der Waals surface area contributed by atoms with E-state index in [4.69, 9.17) is 4.74 Å². The molecule has 0 spiro atoms. The molecule has 162 valence electrons. The molecule has 0 radical (unpaired) electrons. The van der Waals surface area contributed by atoms with E-state index in [2.05, 4.69) is 44.4 Å². The first kappa shape index (κ1) is 21.5. The molecule has 0 saturated heterocycles. The topological polar surface area (TPSA) is 94.8 Å². The third-order valence-electron chi connectivity index (χ3n) is 4.90. The van der Waals surface area contributed by atoms with Gasteiger partial charge in [-0.2, -0.15) is 0 Å². The summed E-state index contributed by atoms with van der Waals surface area (Å²) in [5, 5.41) is 21.0. The highest BCUT2D eigenvalue weighted by atomic mass is 32.2. The van der Waals surface area contributed by atoms with Crippen LogP contribution in [0.2, 0.25) is 0 Å². The van der Waals surface area contributed by atoms with Gasteiger partial charge in [-0.25, -0.2) is 0 Å². The van der Waals surface area contributed by atoms with Gasteiger partial charge >= 0.3 is 0 Å². The lowest BCUT2D eigenvalue weighted by molar-refractivity contribution is -0.113. The number of nitrogens with zero attached hydrogens (tertiary/aromatic N) is 5. The number of benzene rings is 1. The van der Waals surface area contributed by atoms with Crippen molar-refractivity contribution in [2.24, 2.45) is 0 Å². The molecular weight excluding hydrogens is 432 g/mol. The number of fused-ring (bicyclic) bond motifs is 1. The summed E-state index contributed by atoms with van der Waals surface area (Å²) >= 11 is 2.65. The normalized spacial score (nSPS) is 12.9. The van der Waals surface area contributed by atoms with Crippen LogP contribution in [0.1, 0.15) is 34.8 Å². The Morgan fingerprint density at radius 3 is 2.87 bits per heavy atom. The first-order chi connectivity index (χ1) is 15.1. The van der Waals surface area contributed by atoms with Gasteiger partial charge in [0.2, 0.25) is 11.0 Å². The maximum absolute atomic E-state index is 12.2. The van der Waals surface area contributed by atoms with Crippen LogP contribution in [0, 0.1) is 6.92 Å². The number of hydrogen-bond acceptors (Lipinski definition) is 8. The van der Waals surface area contributed by atoms with Gasteiger partial charge < -0.3 is 4.74 Å². The summed E-state index contributed by atoms with van der Waals surface area (Å²) in [6, 6.07) is 6.32. The molecule has 0 fully saturated rings. The third-order valence-corrected chi connectivity index (χ3v) is 6.62. The number of ether oxygens (including phenoxy) is 1. The lowest BCUT2D eigenvalue weighted by Gasteiger charge is -2.16. The van der Waals surface area contributed by atoms with E-state index in [9.17, 15) is 4.79 Å². The predicted octanol–water partition coefficient (Wildman–Crippen LogP) is 3.81. The minimum absolute atomic E-state index is 0.166. The number of anilines is 1. The summed E-state index contributed by atoms with van der Waals surface area (Å²) < 4.78 is 7.92. The Hall–Kier alpha value is -2.72. The zero-order valence-corrected chi connectivity index (χ0v) is 19.0. The van der Waals surface area contributed by atoms with Gasteiger partial charge in [-0.15, -0.1) is 27.0 Å². The first-order valence-electron chi connectivity index (χ1n) is 10.1. The van der Waals surface area contributed by atoms with Gasteiger partial charge in [0, 0.05) is 6.54 Å². The monoisotopic (exact) mass is 456 g/mol. The van der Waals surface area contributed by atoms with Crippen LogP contribution in [-0.2, 0) is 30.8 Å². The fraction of sp³-hybridized carbons (Fsp3) is 0.381. The van der Waals surface area contributed by atoms with E-state index in [1.165, 1.54) is 47.1 Å². The molecule has 4 rings (SSSR count). The van der Waals surface area contributed by atoms with Gasteiger partial charge in [0.25, 0.3) is 0 Å². The van der Waals surface area contributed by atoms with Crippen LogP contribution in [-0.4, -0.2) is 36.6 Å². The molecule has 10 heteroatoms. The number of amides is 1. The molecule has 0 atom stereocenters. The molecule has 0 saturated carbocycles. The third kappa shape index (κ3) is 5.50. The fourth-order valence-electron chi connectivity index (χ4n) is 3.42. The number of allylic oxidation sites excluding steroid dienone is 1. The summed E-state index contributed by atoms with van der Waals surface area (Å²) in [7, 11) is 0. The van der Waals surface area contributed by atoms with Crippen molar-refractivity contribution < 1.29 is 9.53 Å². The summed E-state index contributed by atoms with van der Waals surface area (Å²) in [6.45, 7) is 6.50. The highest BCUT2D eigenvalue weighted by Crippen LogP contribution is 2.26. The standard InChI is InChI=1S/C21H24N6O2S2/c1-3-10-27-18(12-29-17-9-8-15-6-4-5-7-16(15)11-17)24-26-21(27)30-13-19(28)22-20-25-23-14(2)31-20/h3,8-9,11H,1,4-7,10,12-13H2,2H3,(H,22,25,28). The lowest BCUT2D eigenvalue weighted by Crippen LogP contribution is -2.15. The molecule has 1 aliphatic carbocycles. The number of thioether (sulfide) groups is 1. The Morgan fingerprint density at radius 1 is 1.26 bits per heavy atom. The van der Waals surface area contributed by atoms with E-state index < -0.39 is 0 Å². The largest absolute Gasteiger partial charge is 0.486 e. The summed E-state index contributed by atoms with van der Waals surface area (Å²) in [4.78, 5) is 12.2. The van der Waals surface area contributed by atoms with Gasteiger partial charge in [0.1, 0.15) is 17.4 Å². The molecule has 1 aromatic carbocycles. The van der Waals surface area contributed by atoms with E-state index >= 15 is 0 Å². The van der Waals surface area contributed by atoms with Crippen molar-refractivity contribution in [3.05, 3.63) is 52.8 Å². The molecule has 1 aliphatic rings. The van der Waals surface area contributed by atoms with Crippen LogP contribution < -0.4 is 10.1 Å². The maximum atomic E-state index is 12.2. The number of aryl methyl sites for hydroxylation is 3. The van der Waals surface area contributed by atoms with Crippen molar-refractivity contribution in [2.45, 2.75) is 50.9 Å². The Kier molecular flexibility index (Phi) is 6.98. The molecule has 8 nitrogen and oxygen atoms in total. The summed E-state index contributed by atoms with van der Waals surface area (Å²) in [6.07, 6.45) is 6.53. The van der Waals surface area contributed by atoms with Crippen molar-refractivity contribution in [1.82, 2.24) is 25.0 Å². The van der Waals surface area contributed by atoms with Gasteiger partial charge in [0.15, 0.2) is 11.0 Å². The number of rotatable bonds is 9. The van der Waals surface area contributed by atoms with Crippen molar-refractivity contribution in [3.63, 3.8) is 0 Å². The predicted molar refractivity (Wildman–Crippen MR) is 122 cm³/mol. The van der Waals surface area contributed by atoms with E-state index in [0.717, 1.165) is 23.6 Å². The van der Waals surface area contributed by atoms with Crippen molar-refractivity contribution in [3.8, 4) is 5.75 Å². The van der Waals surface area contributed by atoms with Gasteiger partial charge in [-0.1, -0.05) is 35.2 Å². The number of aromatic nitrogens is 5. The number of carbonyl (C=O) groups is 1. The zero-order chi connectivity index (χ0) is 21.6. The smallest absolute Gasteiger partial charge is 0.236 e. The molecule has 2 heterocycles. The highest BCUT2D eigenvalue weighted by molar-refractivity contribution is 7.99. The number of hydrogen-bond donors (Lipinski definition) is 1. The Morgan fingerprint density at radius 2 is 2.10 bits per heavy atom. The van der Waals surface area contributed by atoms with Gasteiger partial charge in [0.05, 0.1) is 5.75 Å². The van der Waals surface area contributed by atoms with Crippen molar-refractivity contribution in [1.29, 1.82) is 0 Å². The van der Waals surface area contributed by atoms with Crippen LogP contribution in [0.4, 0.5) is 5.13 Å². The Bertz CT molecular complexity index is 1080. The van der Waals surface area contributed by atoms with Crippen LogP contribution in [0.3, 0.4) is 0 Å². The molecule has 2 aromatic heterocycles. The van der Waals surface area contributed by atoms with Gasteiger partial charge in [-0.05, 0) is 55.9 Å². The average Bonchev–Trinajstić information content (AvgIpc) is 3.36. The second kappa shape index (κ2) is 10.1. The van der Waals surface area contributed by atoms with Crippen LogP contribution >= 0.6 is 23.1 Å². The Labute approximate surface area is 189 Å². The molecule has 0 bridgehead atoms. The molecule has 0 unspecified atom stereocenters. The first-order valence-corrected chi connectivity index (χ1v) is 11.9. The minimum Gasteiger partial charge on any atom is -0.486 e. The second-order valence-electron chi connectivity index (χ2n) is 7.19. The fourth-order valence-corrected chi connectivity index (χ4v) is 4.80. The van der Waals surface area contributed by atoms with Crippen LogP contribution in [0.25, 0.3) is 0 Å². The van der Waals surface area contributed by atoms with Crippen molar-refractivity contribution >= 4 is 34.1 Å². The highest BCUT2D eigenvalue weighted by Gasteiger charge is 2.16. The molecule has 3 aromatic rings. The summed E-state index contributed by atoms with van der Waals surface area (Å²) in [5.74, 6) is 1.57. The van der Waals surface area contributed by atoms with E-state index in [-0.39, 0.29) is 11.7 Å². The van der Waals surface area contributed by atoms with E-state index in [1.807, 2.05) is 17.6 Å². The molecule has 0 aliphatic heterocycles. The molecule has 1 amide bonds. The minimum atomic E-state index is -0.166. The number of nitrogens with one attached hydrogen (secondary N) is 1. The SMILES string of the molecule is C=CCn1c(COc2ccc3c(c2)CCCC3)nnc1SCC(=O)Nc1nnc(C)s1. The molecule has 1 N–H and O–H groups in total. The summed E-state index contributed by atoms with van der Waals surface area (Å²) in [5.41, 5.74) is 2.80. The second-order valence-corrected chi connectivity index (χ2v) is 9.31. The molecule has 31 heavy (non-hydrogen) atoms. The van der Waals surface area contributed by atoms with Crippen molar-refractivity contribution in [2.75, 3.05) is 11.1 Å². The Balaban J connectivity index is 1.37. The number of carbonyl (C=O) groups excluding carboxylic acids is 1. The quantitative estimate of drug-likeness (QED) is 0.386. The van der Waals surface area contributed by atoms with Crippen LogP contribution in [0.15, 0.2) is 36.0 Å². The van der Waals surface area contributed by atoms with Crippen LogP contribution in [0.5, 0.6) is 5.75 Å². The van der Waals surface area contributed by atoms with Gasteiger partial charge in [-0.3, -0.25) is 14.7 Å². The maximum Gasteiger partial charge on any atom is 0.236 e. The lowest BCUT2D eigenvalue weighted by atomic mass is 9.92. The van der Waals surface area contributed by atoms with E-state index in [1.54, 1.807) is 6.08 Å². The van der Waals surface area contributed by atoms with E-state index in [0.29, 0.717) is 29.3 Å². The average molecular weight is 457 g/mol.